The van der Waals surface area contributed by atoms with Crippen molar-refractivity contribution in [1.29, 1.82) is 0 Å². The molecule has 102 valence electrons. The average molecular weight is 263 g/mol. The molecule has 2 heterocycles. The van der Waals surface area contributed by atoms with Crippen LogP contribution in [-0.4, -0.2) is 46.4 Å². The summed E-state index contributed by atoms with van der Waals surface area (Å²) >= 11 is 0. The minimum absolute atomic E-state index is 0.242. The molecule has 6 heteroatoms. The molecule has 0 aliphatic carbocycles. The fraction of sp³-hybridized carbons (Fsp3) is 0.462. The first kappa shape index (κ1) is 13.5. The van der Waals surface area contributed by atoms with Crippen LogP contribution in [0.3, 0.4) is 0 Å². The summed E-state index contributed by atoms with van der Waals surface area (Å²) in [6.07, 6.45) is 4.38. The van der Waals surface area contributed by atoms with Gasteiger partial charge in [-0.15, -0.1) is 0 Å². The molecular formula is C13H17N3O3. The van der Waals surface area contributed by atoms with E-state index in [-0.39, 0.29) is 5.91 Å². The molecule has 2 atom stereocenters. The van der Waals surface area contributed by atoms with Crippen LogP contribution in [0.2, 0.25) is 0 Å². The second kappa shape index (κ2) is 6.29. The molecule has 0 bridgehead atoms. The van der Waals surface area contributed by atoms with E-state index in [0.29, 0.717) is 25.1 Å². The van der Waals surface area contributed by atoms with E-state index in [0.717, 1.165) is 12.8 Å². The Kier molecular flexibility index (Phi) is 4.46. The van der Waals surface area contributed by atoms with Crippen molar-refractivity contribution in [3.05, 3.63) is 30.1 Å². The summed E-state index contributed by atoms with van der Waals surface area (Å²) in [5, 5.41) is 12.7. The average Bonchev–Trinajstić information content (AvgIpc) is 2.98. The van der Waals surface area contributed by atoms with Crippen LogP contribution in [-0.2, 0) is 9.59 Å². The minimum atomic E-state index is -1.07. The molecule has 6 nitrogen and oxygen atoms in total. The predicted molar refractivity (Wildman–Crippen MR) is 68.0 cm³/mol. The highest BCUT2D eigenvalue weighted by Crippen LogP contribution is 2.19. The zero-order valence-corrected chi connectivity index (χ0v) is 10.5. The van der Waals surface area contributed by atoms with Crippen molar-refractivity contribution >= 4 is 12.3 Å². The Balaban J connectivity index is 2.14. The molecular weight excluding hydrogens is 246 g/mol. The second-order valence-electron chi connectivity index (χ2n) is 4.52. The van der Waals surface area contributed by atoms with E-state index in [2.05, 4.69) is 10.3 Å². The molecule has 1 saturated heterocycles. The molecule has 1 aliphatic heterocycles. The van der Waals surface area contributed by atoms with E-state index in [1.54, 1.807) is 17.0 Å². The van der Waals surface area contributed by atoms with E-state index in [1.165, 1.54) is 12.4 Å². The van der Waals surface area contributed by atoms with Gasteiger partial charge >= 0.3 is 0 Å². The van der Waals surface area contributed by atoms with E-state index in [1.807, 2.05) is 0 Å². The normalized spacial score (nSPS) is 17.8. The molecule has 0 radical (unpaired) electrons. The van der Waals surface area contributed by atoms with Crippen LogP contribution in [0.1, 0.15) is 24.5 Å². The Morgan fingerprint density at radius 3 is 2.58 bits per heavy atom. The van der Waals surface area contributed by atoms with Crippen molar-refractivity contribution < 1.29 is 14.7 Å². The van der Waals surface area contributed by atoms with Crippen LogP contribution in [0.25, 0.3) is 0 Å². The van der Waals surface area contributed by atoms with Crippen molar-refractivity contribution in [2.24, 2.45) is 0 Å². The molecule has 0 spiro atoms. The maximum absolute atomic E-state index is 12.3. The summed E-state index contributed by atoms with van der Waals surface area (Å²) < 4.78 is 0. The standard InChI is InChI=1S/C13H17N3O3/c17-9-15-11(13(19)16-7-1-2-8-16)12(18)10-3-5-14-6-4-10/h3-6,9,11-12,18H,1-2,7-8H2,(H,15,17). The van der Waals surface area contributed by atoms with Crippen LogP contribution < -0.4 is 5.32 Å². The van der Waals surface area contributed by atoms with Crippen LogP contribution in [0.5, 0.6) is 0 Å². The number of carbonyl (C=O) groups excluding carboxylic acids is 2. The Morgan fingerprint density at radius 2 is 2.00 bits per heavy atom. The highest BCUT2D eigenvalue weighted by molar-refractivity contribution is 5.84. The topological polar surface area (TPSA) is 82.5 Å². The van der Waals surface area contributed by atoms with Crippen molar-refractivity contribution in [1.82, 2.24) is 15.2 Å². The van der Waals surface area contributed by atoms with Gasteiger partial charge in [-0.25, -0.2) is 0 Å². The van der Waals surface area contributed by atoms with Crippen LogP contribution in [0, 0.1) is 0 Å². The molecule has 1 aromatic heterocycles. The fourth-order valence-corrected chi connectivity index (χ4v) is 2.26. The molecule has 0 saturated carbocycles. The lowest BCUT2D eigenvalue weighted by atomic mass is 10.0. The lowest BCUT2D eigenvalue weighted by Crippen LogP contribution is -2.48. The van der Waals surface area contributed by atoms with Crippen molar-refractivity contribution in [2.45, 2.75) is 25.0 Å². The van der Waals surface area contributed by atoms with Crippen molar-refractivity contribution in [3.8, 4) is 0 Å². The summed E-state index contributed by atoms with van der Waals surface area (Å²) in [5.41, 5.74) is 0.557. The number of aromatic nitrogens is 1. The van der Waals surface area contributed by atoms with Crippen LogP contribution in [0.15, 0.2) is 24.5 Å². The van der Waals surface area contributed by atoms with Crippen molar-refractivity contribution in [3.63, 3.8) is 0 Å². The first-order chi connectivity index (χ1) is 9.24. The van der Waals surface area contributed by atoms with E-state index < -0.39 is 12.1 Å². The number of likely N-dealkylation sites (tertiary alicyclic amines) is 1. The summed E-state index contributed by atoms with van der Waals surface area (Å²) in [6, 6.07) is 2.31. The fourth-order valence-electron chi connectivity index (χ4n) is 2.26. The Hall–Kier alpha value is -1.95. The Bertz CT molecular complexity index is 432. The maximum atomic E-state index is 12.3. The van der Waals surface area contributed by atoms with Gasteiger partial charge in [0.2, 0.25) is 12.3 Å². The summed E-state index contributed by atoms with van der Waals surface area (Å²) in [4.78, 5) is 28.5. The van der Waals surface area contributed by atoms with Gasteiger partial charge in [0.25, 0.3) is 0 Å². The highest BCUT2D eigenvalue weighted by Gasteiger charge is 2.32. The summed E-state index contributed by atoms with van der Waals surface area (Å²) in [5.74, 6) is -0.242. The number of pyridine rings is 1. The van der Waals surface area contributed by atoms with Crippen molar-refractivity contribution in [2.75, 3.05) is 13.1 Å². The molecule has 0 aromatic carbocycles. The number of aliphatic hydroxyl groups is 1. The molecule has 2 amide bonds. The SMILES string of the molecule is O=CNC(C(=O)N1CCCC1)C(O)c1ccncc1. The van der Waals surface area contributed by atoms with E-state index in [9.17, 15) is 14.7 Å². The van der Waals surface area contributed by atoms with Crippen LogP contribution in [0.4, 0.5) is 0 Å². The van der Waals surface area contributed by atoms with Gasteiger partial charge in [-0.2, -0.15) is 0 Å². The third kappa shape index (κ3) is 3.08. The molecule has 1 aromatic rings. The Labute approximate surface area is 111 Å². The van der Waals surface area contributed by atoms with E-state index in [4.69, 9.17) is 0 Å². The lowest BCUT2D eigenvalue weighted by Gasteiger charge is -2.26. The van der Waals surface area contributed by atoms with E-state index >= 15 is 0 Å². The van der Waals surface area contributed by atoms with Gasteiger partial charge in [0.1, 0.15) is 12.1 Å². The third-order valence-electron chi connectivity index (χ3n) is 3.29. The van der Waals surface area contributed by atoms with Gasteiger partial charge in [-0.05, 0) is 30.5 Å². The predicted octanol–water partition coefficient (Wildman–Crippen LogP) is -0.148. The largest absolute Gasteiger partial charge is 0.386 e. The van der Waals surface area contributed by atoms with Crippen LogP contribution >= 0.6 is 0 Å². The Morgan fingerprint density at radius 1 is 1.37 bits per heavy atom. The van der Waals surface area contributed by atoms with Gasteiger partial charge in [0, 0.05) is 25.5 Å². The molecule has 2 unspecified atom stereocenters. The van der Waals surface area contributed by atoms with Gasteiger partial charge < -0.3 is 15.3 Å². The number of rotatable bonds is 5. The first-order valence-corrected chi connectivity index (χ1v) is 6.30. The molecule has 1 fully saturated rings. The second-order valence-corrected chi connectivity index (χ2v) is 4.52. The zero-order chi connectivity index (χ0) is 13.7. The lowest BCUT2D eigenvalue weighted by molar-refractivity contribution is -0.137. The minimum Gasteiger partial charge on any atom is -0.386 e. The van der Waals surface area contributed by atoms with Gasteiger partial charge in [-0.3, -0.25) is 14.6 Å². The zero-order valence-electron chi connectivity index (χ0n) is 10.5. The number of amides is 2. The quantitative estimate of drug-likeness (QED) is 0.724. The van der Waals surface area contributed by atoms with Gasteiger partial charge in [-0.1, -0.05) is 0 Å². The first-order valence-electron chi connectivity index (χ1n) is 6.30. The monoisotopic (exact) mass is 263 g/mol. The molecule has 1 aliphatic rings. The summed E-state index contributed by atoms with van der Waals surface area (Å²) in [7, 11) is 0. The third-order valence-corrected chi connectivity index (χ3v) is 3.29. The molecule has 2 N–H and O–H groups in total. The number of aliphatic hydroxyl groups excluding tert-OH is 1. The number of nitrogens with zero attached hydrogens (tertiary/aromatic N) is 2. The maximum Gasteiger partial charge on any atom is 0.248 e. The molecule has 19 heavy (non-hydrogen) atoms. The molecule has 2 rings (SSSR count). The number of hydrogen-bond acceptors (Lipinski definition) is 4. The summed E-state index contributed by atoms with van der Waals surface area (Å²) in [6.45, 7) is 1.36. The number of carbonyl (C=O) groups is 2. The number of hydrogen-bond donors (Lipinski definition) is 2. The highest BCUT2D eigenvalue weighted by atomic mass is 16.3. The smallest absolute Gasteiger partial charge is 0.248 e. The van der Waals surface area contributed by atoms with Gasteiger partial charge in [0.05, 0.1) is 0 Å². The number of nitrogens with one attached hydrogen (secondary N) is 1. The van der Waals surface area contributed by atoms with Gasteiger partial charge in [0.15, 0.2) is 0 Å².